The molecule has 17 heavy (non-hydrogen) atoms. The minimum absolute atomic E-state index is 0.669. The minimum Gasteiger partial charge on any atom is -0.468 e. The molecule has 2 heterocycles. The molecule has 0 bridgehead atoms. The highest BCUT2D eigenvalue weighted by molar-refractivity contribution is 7.99. The summed E-state index contributed by atoms with van der Waals surface area (Å²) in [4.78, 5) is 2.65. The normalized spacial score (nSPS) is 29.1. The van der Waals surface area contributed by atoms with Crippen molar-refractivity contribution >= 4 is 11.8 Å². The fraction of sp³-hybridized carbons (Fsp3) is 0.692. The molecule has 0 spiro atoms. The largest absolute Gasteiger partial charge is 0.468 e. The van der Waals surface area contributed by atoms with Gasteiger partial charge in [0, 0.05) is 30.4 Å². The molecule has 1 saturated heterocycles. The Kier molecular flexibility index (Phi) is 3.45. The predicted molar refractivity (Wildman–Crippen MR) is 71.2 cm³/mol. The van der Waals surface area contributed by atoms with Gasteiger partial charge in [-0.15, -0.1) is 0 Å². The van der Waals surface area contributed by atoms with Gasteiger partial charge in [-0.2, -0.15) is 11.8 Å². The summed E-state index contributed by atoms with van der Waals surface area (Å²) in [6.07, 6.45) is 6.72. The van der Waals surface area contributed by atoms with Crippen molar-refractivity contribution in [2.45, 2.75) is 36.7 Å². The zero-order valence-corrected chi connectivity index (χ0v) is 11.1. The van der Waals surface area contributed by atoms with Gasteiger partial charge in [0.1, 0.15) is 5.76 Å². The standard InChI is InChI=1S/C13H20N2OS/c1-17-13-8-14-7-12(13)15(10-4-5-10)9-11-3-2-6-16-11/h2-3,6,10,12-14H,4-5,7-9H2,1H3. The number of hydrogen-bond donors (Lipinski definition) is 1. The number of rotatable bonds is 5. The van der Waals surface area contributed by atoms with Crippen LogP contribution in [0.2, 0.25) is 0 Å². The summed E-state index contributed by atoms with van der Waals surface area (Å²) >= 11 is 1.99. The summed E-state index contributed by atoms with van der Waals surface area (Å²) in [5.41, 5.74) is 0. The fourth-order valence-electron chi connectivity index (χ4n) is 2.72. The summed E-state index contributed by atoms with van der Waals surface area (Å²) in [5, 5.41) is 4.25. The molecule has 2 unspecified atom stereocenters. The van der Waals surface area contributed by atoms with E-state index in [1.165, 1.54) is 12.8 Å². The highest BCUT2D eigenvalue weighted by Crippen LogP contribution is 2.33. The number of nitrogens with one attached hydrogen (secondary N) is 1. The van der Waals surface area contributed by atoms with Crippen LogP contribution in [-0.2, 0) is 6.54 Å². The fourth-order valence-corrected chi connectivity index (χ4v) is 3.57. The quantitative estimate of drug-likeness (QED) is 0.867. The van der Waals surface area contributed by atoms with Crippen molar-refractivity contribution in [2.24, 2.45) is 0 Å². The van der Waals surface area contributed by atoms with Crippen LogP contribution in [-0.4, -0.2) is 41.6 Å². The average Bonchev–Trinajstić information content (AvgIpc) is 2.89. The molecule has 3 nitrogen and oxygen atoms in total. The predicted octanol–water partition coefficient (Wildman–Crippen LogP) is 1.95. The number of thioether (sulfide) groups is 1. The maximum atomic E-state index is 5.50. The Morgan fingerprint density at radius 3 is 3.00 bits per heavy atom. The molecule has 0 aromatic carbocycles. The Bertz CT molecular complexity index is 350. The first-order chi connectivity index (χ1) is 8.38. The summed E-state index contributed by atoms with van der Waals surface area (Å²) in [7, 11) is 0. The molecule has 2 aliphatic rings. The molecular formula is C13H20N2OS. The average molecular weight is 252 g/mol. The van der Waals surface area contributed by atoms with Crippen molar-refractivity contribution in [3.63, 3.8) is 0 Å². The second-order valence-corrected chi connectivity index (χ2v) is 6.06. The van der Waals surface area contributed by atoms with Gasteiger partial charge >= 0.3 is 0 Å². The van der Waals surface area contributed by atoms with Crippen molar-refractivity contribution in [1.82, 2.24) is 10.2 Å². The van der Waals surface area contributed by atoms with Gasteiger partial charge in [0.05, 0.1) is 12.8 Å². The van der Waals surface area contributed by atoms with E-state index in [0.717, 1.165) is 36.7 Å². The van der Waals surface area contributed by atoms with E-state index in [1.807, 2.05) is 17.8 Å². The van der Waals surface area contributed by atoms with E-state index < -0.39 is 0 Å². The molecular weight excluding hydrogens is 232 g/mol. The number of nitrogens with zero attached hydrogens (tertiary/aromatic N) is 1. The van der Waals surface area contributed by atoms with E-state index in [0.29, 0.717) is 6.04 Å². The van der Waals surface area contributed by atoms with E-state index in [-0.39, 0.29) is 0 Å². The third kappa shape index (κ3) is 2.54. The maximum Gasteiger partial charge on any atom is 0.117 e. The molecule has 1 aromatic heterocycles. The Hall–Kier alpha value is -0.450. The monoisotopic (exact) mass is 252 g/mol. The van der Waals surface area contributed by atoms with Gasteiger partial charge in [0.15, 0.2) is 0 Å². The van der Waals surface area contributed by atoms with Gasteiger partial charge in [-0.3, -0.25) is 4.90 Å². The SMILES string of the molecule is CSC1CNCC1N(Cc1ccco1)C1CC1. The van der Waals surface area contributed by atoms with Crippen LogP contribution >= 0.6 is 11.8 Å². The third-order valence-electron chi connectivity index (χ3n) is 3.79. The van der Waals surface area contributed by atoms with Gasteiger partial charge in [-0.1, -0.05) is 0 Å². The smallest absolute Gasteiger partial charge is 0.117 e. The summed E-state index contributed by atoms with van der Waals surface area (Å²) in [6.45, 7) is 3.25. The second kappa shape index (κ2) is 5.04. The van der Waals surface area contributed by atoms with Crippen molar-refractivity contribution in [2.75, 3.05) is 19.3 Å². The lowest BCUT2D eigenvalue weighted by Crippen LogP contribution is -2.43. The van der Waals surface area contributed by atoms with Crippen LogP contribution in [0.5, 0.6) is 0 Å². The lowest BCUT2D eigenvalue weighted by atomic mass is 10.2. The Labute approximate surface area is 107 Å². The highest BCUT2D eigenvalue weighted by Gasteiger charge is 2.39. The summed E-state index contributed by atoms with van der Waals surface area (Å²) < 4.78 is 5.50. The molecule has 2 fully saturated rings. The van der Waals surface area contributed by atoms with Gasteiger partial charge < -0.3 is 9.73 Å². The summed E-state index contributed by atoms with van der Waals surface area (Å²) in [5.74, 6) is 1.10. The van der Waals surface area contributed by atoms with E-state index in [2.05, 4.69) is 22.5 Å². The zero-order chi connectivity index (χ0) is 11.7. The van der Waals surface area contributed by atoms with Gasteiger partial charge in [-0.05, 0) is 31.2 Å². The van der Waals surface area contributed by atoms with Gasteiger partial charge in [0.2, 0.25) is 0 Å². The van der Waals surface area contributed by atoms with Crippen LogP contribution in [0.25, 0.3) is 0 Å². The number of hydrogen-bond acceptors (Lipinski definition) is 4. The molecule has 1 N–H and O–H groups in total. The first-order valence-electron chi connectivity index (χ1n) is 6.40. The molecule has 1 saturated carbocycles. The van der Waals surface area contributed by atoms with E-state index in [9.17, 15) is 0 Å². The first kappa shape index (κ1) is 11.6. The number of furan rings is 1. The lowest BCUT2D eigenvalue weighted by molar-refractivity contribution is 0.177. The molecule has 1 aliphatic carbocycles. The van der Waals surface area contributed by atoms with Crippen molar-refractivity contribution in [1.29, 1.82) is 0 Å². The van der Waals surface area contributed by atoms with E-state index >= 15 is 0 Å². The first-order valence-corrected chi connectivity index (χ1v) is 7.69. The molecule has 0 radical (unpaired) electrons. The molecule has 4 heteroatoms. The third-order valence-corrected chi connectivity index (χ3v) is 4.88. The van der Waals surface area contributed by atoms with E-state index in [1.54, 1.807) is 6.26 Å². The molecule has 1 aliphatic heterocycles. The van der Waals surface area contributed by atoms with Crippen LogP contribution in [0.15, 0.2) is 22.8 Å². The molecule has 0 amide bonds. The topological polar surface area (TPSA) is 28.4 Å². The van der Waals surface area contributed by atoms with Crippen LogP contribution in [0.4, 0.5) is 0 Å². The summed E-state index contributed by atoms with van der Waals surface area (Å²) in [6, 6.07) is 5.54. The van der Waals surface area contributed by atoms with Gasteiger partial charge in [0.25, 0.3) is 0 Å². The van der Waals surface area contributed by atoms with Crippen LogP contribution in [0, 0.1) is 0 Å². The Morgan fingerprint density at radius 2 is 2.35 bits per heavy atom. The lowest BCUT2D eigenvalue weighted by Gasteiger charge is -2.31. The van der Waals surface area contributed by atoms with Crippen LogP contribution in [0.1, 0.15) is 18.6 Å². The molecule has 3 rings (SSSR count). The molecule has 1 aromatic rings. The zero-order valence-electron chi connectivity index (χ0n) is 10.3. The minimum atomic E-state index is 0.669. The Balaban J connectivity index is 1.71. The van der Waals surface area contributed by atoms with Gasteiger partial charge in [-0.25, -0.2) is 0 Å². The van der Waals surface area contributed by atoms with Crippen molar-refractivity contribution in [3.05, 3.63) is 24.2 Å². The Morgan fingerprint density at radius 1 is 1.47 bits per heavy atom. The highest BCUT2D eigenvalue weighted by atomic mass is 32.2. The van der Waals surface area contributed by atoms with E-state index in [4.69, 9.17) is 4.42 Å². The maximum absolute atomic E-state index is 5.50. The van der Waals surface area contributed by atoms with Crippen LogP contribution in [0.3, 0.4) is 0 Å². The second-order valence-electron chi connectivity index (χ2n) is 4.98. The van der Waals surface area contributed by atoms with Crippen molar-refractivity contribution < 1.29 is 4.42 Å². The molecule has 2 atom stereocenters. The van der Waals surface area contributed by atoms with Crippen LogP contribution < -0.4 is 5.32 Å². The molecule has 94 valence electrons. The van der Waals surface area contributed by atoms with Crippen molar-refractivity contribution in [3.8, 4) is 0 Å².